The molecule has 2 saturated carbocycles. The molecule has 2 rings (SSSR count). The minimum atomic E-state index is 0.769. The highest BCUT2D eigenvalue weighted by molar-refractivity contribution is 4.95. The highest BCUT2D eigenvalue weighted by Crippen LogP contribution is 2.51. The van der Waals surface area contributed by atoms with Crippen LogP contribution in [0.1, 0.15) is 32.6 Å². The van der Waals surface area contributed by atoms with Crippen LogP contribution >= 0.6 is 0 Å². The second-order valence-electron chi connectivity index (χ2n) is 4.43. The van der Waals surface area contributed by atoms with E-state index in [0.29, 0.717) is 0 Å². The number of allylic oxidation sites excluding steroid dienone is 1. The van der Waals surface area contributed by atoms with Gasteiger partial charge in [0, 0.05) is 0 Å². The summed E-state index contributed by atoms with van der Waals surface area (Å²) in [4.78, 5) is 0. The normalized spacial score (nSPS) is 44.3. The smallest absolute Gasteiger partial charge is 0.0234 e. The molecule has 0 nitrogen and oxygen atoms in total. The van der Waals surface area contributed by atoms with E-state index in [-0.39, 0.29) is 0 Å². The zero-order valence-corrected chi connectivity index (χ0v) is 7.42. The van der Waals surface area contributed by atoms with E-state index < -0.39 is 0 Å². The highest BCUT2D eigenvalue weighted by Gasteiger charge is 2.40. The summed E-state index contributed by atoms with van der Waals surface area (Å²) in [6.45, 7) is 6.22. The number of hydrogen-bond donors (Lipinski definition) is 0. The number of fused-ring (bicyclic) bond motifs is 2. The molecule has 62 valence electrons. The molecule has 0 heterocycles. The van der Waals surface area contributed by atoms with Gasteiger partial charge in [-0.15, -0.1) is 6.58 Å². The van der Waals surface area contributed by atoms with Gasteiger partial charge in [0.2, 0.25) is 0 Å². The van der Waals surface area contributed by atoms with Crippen LogP contribution in [0.5, 0.6) is 0 Å². The van der Waals surface area contributed by atoms with Crippen molar-refractivity contribution in [3.63, 3.8) is 0 Å². The van der Waals surface area contributed by atoms with Gasteiger partial charge in [-0.05, 0) is 42.9 Å². The molecule has 2 aliphatic carbocycles. The lowest BCUT2D eigenvalue weighted by atomic mass is 9.80. The van der Waals surface area contributed by atoms with Gasteiger partial charge in [-0.25, -0.2) is 0 Å². The van der Waals surface area contributed by atoms with E-state index in [2.05, 4.69) is 19.6 Å². The summed E-state index contributed by atoms with van der Waals surface area (Å²) in [6, 6.07) is 0. The SMILES string of the molecule is C=CC(C)C1C[C@@H]2CC[C@H]1C2. The maximum atomic E-state index is 3.89. The Hall–Kier alpha value is -0.260. The molecule has 0 aromatic heterocycles. The first-order valence-electron chi connectivity index (χ1n) is 4.94. The van der Waals surface area contributed by atoms with Crippen LogP contribution in [0.4, 0.5) is 0 Å². The zero-order chi connectivity index (χ0) is 7.84. The summed E-state index contributed by atoms with van der Waals surface area (Å²) < 4.78 is 0. The second-order valence-corrected chi connectivity index (χ2v) is 4.43. The Kier molecular flexibility index (Phi) is 1.78. The molecule has 4 atom stereocenters. The molecule has 2 bridgehead atoms. The van der Waals surface area contributed by atoms with Gasteiger partial charge in [-0.2, -0.15) is 0 Å². The van der Waals surface area contributed by atoms with Crippen molar-refractivity contribution in [2.24, 2.45) is 23.7 Å². The lowest BCUT2D eigenvalue weighted by molar-refractivity contribution is 0.276. The Morgan fingerprint density at radius 1 is 1.36 bits per heavy atom. The monoisotopic (exact) mass is 150 g/mol. The van der Waals surface area contributed by atoms with Gasteiger partial charge in [0.25, 0.3) is 0 Å². The molecule has 0 saturated heterocycles. The quantitative estimate of drug-likeness (QED) is 0.530. The van der Waals surface area contributed by atoms with Crippen molar-refractivity contribution in [3.05, 3.63) is 12.7 Å². The minimum Gasteiger partial charge on any atom is -0.103 e. The van der Waals surface area contributed by atoms with Crippen molar-refractivity contribution in [1.82, 2.24) is 0 Å². The second kappa shape index (κ2) is 2.66. The molecular formula is C11H18. The molecule has 0 aliphatic heterocycles. The summed E-state index contributed by atoms with van der Waals surface area (Å²) in [7, 11) is 0. The lowest BCUT2D eigenvalue weighted by Gasteiger charge is -2.25. The molecule has 0 aromatic carbocycles. The maximum absolute atomic E-state index is 3.89. The van der Waals surface area contributed by atoms with Crippen molar-refractivity contribution < 1.29 is 0 Å². The summed E-state index contributed by atoms with van der Waals surface area (Å²) in [5.41, 5.74) is 0. The van der Waals surface area contributed by atoms with Crippen molar-refractivity contribution in [2.75, 3.05) is 0 Å². The third kappa shape index (κ3) is 1.13. The average Bonchev–Trinajstić information content (AvgIpc) is 2.62. The first kappa shape index (κ1) is 7.39. The predicted octanol–water partition coefficient (Wildman–Crippen LogP) is 3.24. The van der Waals surface area contributed by atoms with Gasteiger partial charge in [-0.3, -0.25) is 0 Å². The summed E-state index contributed by atoms with van der Waals surface area (Å²) >= 11 is 0. The van der Waals surface area contributed by atoms with Crippen LogP contribution in [0, 0.1) is 23.7 Å². The molecule has 11 heavy (non-hydrogen) atoms. The molecule has 0 amide bonds. The molecule has 2 unspecified atom stereocenters. The Bertz CT molecular complexity index is 159. The maximum Gasteiger partial charge on any atom is -0.0234 e. The number of hydrogen-bond acceptors (Lipinski definition) is 0. The Morgan fingerprint density at radius 3 is 2.64 bits per heavy atom. The van der Waals surface area contributed by atoms with Crippen LogP contribution in [0.15, 0.2) is 12.7 Å². The largest absolute Gasteiger partial charge is 0.103 e. The van der Waals surface area contributed by atoms with Crippen LogP contribution < -0.4 is 0 Å². The molecule has 0 radical (unpaired) electrons. The van der Waals surface area contributed by atoms with Crippen LogP contribution in [0.2, 0.25) is 0 Å². The van der Waals surface area contributed by atoms with Gasteiger partial charge in [0.1, 0.15) is 0 Å². The van der Waals surface area contributed by atoms with Gasteiger partial charge >= 0.3 is 0 Å². The van der Waals surface area contributed by atoms with Crippen LogP contribution in [0.25, 0.3) is 0 Å². The fraction of sp³-hybridized carbons (Fsp3) is 0.818. The zero-order valence-electron chi connectivity index (χ0n) is 7.42. The fourth-order valence-electron chi connectivity index (χ4n) is 3.11. The van der Waals surface area contributed by atoms with E-state index in [4.69, 9.17) is 0 Å². The minimum absolute atomic E-state index is 0.769. The summed E-state index contributed by atoms with van der Waals surface area (Å²) in [6.07, 6.45) is 8.20. The fourth-order valence-corrected chi connectivity index (χ4v) is 3.11. The van der Waals surface area contributed by atoms with Crippen LogP contribution in [-0.4, -0.2) is 0 Å². The van der Waals surface area contributed by atoms with Crippen LogP contribution in [-0.2, 0) is 0 Å². The van der Waals surface area contributed by atoms with E-state index in [1.165, 1.54) is 25.7 Å². The summed E-state index contributed by atoms with van der Waals surface area (Å²) in [5, 5.41) is 0. The number of rotatable bonds is 2. The average molecular weight is 150 g/mol. The molecule has 0 heteroatoms. The topological polar surface area (TPSA) is 0 Å². The first-order chi connectivity index (χ1) is 5.31. The van der Waals surface area contributed by atoms with Crippen molar-refractivity contribution in [2.45, 2.75) is 32.6 Å². The van der Waals surface area contributed by atoms with E-state index in [0.717, 1.165) is 23.7 Å². The molecule has 0 aromatic rings. The summed E-state index contributed by atoms with van der Waals surface area (Å²) in [5.74, 6) is 3.91. The Labute approximate surface area is 69.7 Å². The molecule has 0 N–H and O–H groups in total. The van der Waals surface area contributed by atoms with E-state index in [9.17, 15) is 0 Å². The Balaban J connectivity index is 2.01. The van der Waals surface area contributed by atoms with E-state index in [1.807, 2.05) is 0 Å². The van der Waals surface area contributed by atoms with E-state index in [1.54, 1.807) is 0 Å². The molecular weight excluding hydrogens is 132 g/mol. The predicted molar refractivity (Wildman–Crippen MR) is 48.3 cm³/mol. The first-order valence-corrected chi connectivity index (χ1v) is 4.94. The molecule has 2 fully saturated rings. The van der Waals surface area contributed by atoms with Crippen molar-refractivity contribution in [3.8, 4) is 0 Å². The molecule has 2 aliphatic rings. The highest BCUT2D eigenvalue weighted by atomic mass is 14.5. The third-order valence-electron chi connectivity index (χ3n) is 3.84. The molecule has 0 spiro atoms. The standard InChI is InChI=1S/C11H18/c1-3-8(2)11-7-9-4-5-10(11)6-9/h3,8-11H,1,4-7H2,2H3/t8?,9-,10+,11?/m1/s1. The third-order valence-corrected chi connectivity index (χ3v) is 3.84. The van der Waals surface area contributed by atoms with Crippen LogP contribution in [0.3, 0.4) is 0 Å². The van der Waals surface area contributed by atoms with Crippen molar-refractivity contribution in [1.29, 1.82) is 0 Å². The van der Waals surface area contributed by atoms with Gasteiger partial charge in [-0.1, -0.05) is 19.4 Å². The Morgan fingerprint density at radius 2 is 2.18 bits per heavy atom. The van der Waals surface area contributed by atoms with Gasteiger partial charge in [0.15, 0.2) is 0 Å². The van der Waals surface area contributed by atoms with E-state index >= 15 is 0 Å². The van der Waals surface area contributed by atoms with Gasteiger partial charge < -0.3 is 0 Å². The lowest BCUT2D eigenvalue weighted by Crippen LogP contribution is -2.16. The van der Waals surface area contributed by atoms with Crippen molar-refractivity contribution >= 4 is 0 Å². The van der Waals surface area contributed by atoms with Gasteiger partial charge in [0.05, 0.1) is 0 Å².